The van der Waals surface area contributed by atoms with Gasteiger partial charge in [-0.25, -0.2) is 4.39 Å². The van der Waals surface area contributed by atoms with Crippen molar-refractivity contribution in [2.45, 2.75) is 0 Å². The molecular weight excluding hydrogens is 215 g/mol. The van der Waals surface area contributed by atoms with Crippen molar-refractivity contribution in [1.29, 1.82) is 0 Å². The van der Waals surface area contributed by atoms with E-state index in [0.29, 0.717) is 11.3 Å². The second-order valence-electron chi connectivity index (χ2n) is 3.09. The smallest absolute Gasteiger partial charge is 0.222 e. The zero-order valence-electron chi connectivity index (χ0n) is 8.40. The predicted molar refractivity (Wildman–Crippen MR) is 54.5 cm³/mol. The van der Waals surface area contributed by atoms with Gasteiger partial charge < -0.3 is 20.1 Å². The number of anilines is 1. The Morgan fingerprint density at radius 3 is 2.81 bits per heavy atom. The molecule has 0 aliphatic carbocycles. The zero-order valence-corrected chi connectivity index (χ0v) is 8.40. The highest BCUT2D eigenvalue weighted by atomic mass is 19.1. The number of nitrogens with zero attached hydrogens (tertiary/aromatic N) is 1. The molecule has 0 atom stereocenters. The maximum absolute atomic E-state index is 13.1. The van der Waals surface area contributed by atoms with Crippen molar-refractivity contribution in [3.8, 4) is 22.8 Å². The highest BCUT2D eigenvalue weighted by Gasteiger charge is 2.17. The fraction of sp³-hybridized carbons (Fsp3) is 0.100. The molecule has 16 heavy (non-hydrogen) atoms. The molecule has 1 heterocycles. The van der Waals surface area contributed by atoms with Crippen LogP contribution in [0, 0.1) is 5.82 Å². The Bertz CT molecular complexity index is 525. The summed E-state index contributed by atoms with van der Waals surface area (Å²) in [4.78, 5) is 0. The van der Waals surface area contributed by atoms with E-state index in [9.17, 15) is 9.50 Å². The van der Waals surface area contributed by atoms with E-state index < -0.39 is 11.6 Å². The molecule has 0 saturated carbocycles. The molecule has 0 spiro atoms. The van der Waals surface area contributed by atoms with Crippen LogP contribution in [-0.2, 0) is 0 Å². The van der Waals surface area contributed by atoms with Crippen LogP contribution in [0.3, 0.4) is 0 Å². The lowest BCUT2D eigenvalue weighted by molar-refractivity contribution is 0.358. The lowest BCUT2D eigenvalue weighted by atomic mass is 10.1. The fourth-order valence-electron chi connectivity index (χ4n) is 1.37. The molecule has 0 saturated heterocycles. The van der Waals surface area contributed by atoms with Crippen molar-refractivity contribution >= 4 is 5.88 Å². The zero-order chi connectivity index (χ0) is 11.7. The van der Waals surface area contributed by atoms with Gasteiger partial charge in [0, 0.05) is 11.6 Å². The van der Waals surface area contributed by atoms with Crippen LogP contribution in [0.4, 0.5) is 10.3 Å². The molecule has 6 heteroatoms. The van der Waals surface area contributed by atoms with E-state index in [-0.39, 0.29) is 11.6 Å². The summed E-state index contributed by atoms with van der Waals surface area (Å²) >= 11 is 0. The Morgan fingerprint density at radius 2 is 2.25 bits per heavy atom. The van der Waals surface area contributed by atoms with Gasteiger partial charge in [0.25, 0.3) is 0 Å². The quantitative estimate of drug-likeness (QED) is 0.812. The average Bonchev–Trinajstić information content (AvgIpc) is 2.68. The van der Waals surface area contributed by atoms with Gasteiger partial charge in [0.1, 0.15) is 5.69 Å². The van der Waals surface area contributed by atoms with Crippen LogP contribution in [0.2, 0.25) is 0 Å². The standard InChI is InChI=1S/C10H9FN2O3/c1-15-10-5(2-3-6(11)9(10)14)7-4-8(12)16-13-7/h2-4,14H,12H2,1H3. The van der Waals surface area contributed by atoms with E-state index in [2.05, 4.69) is 9.68 Å². The van der Waals surface area contributed by atoms with Gasteiger partial charge in [-0.2, -0.15) is 0 Å². The van der Waals surface area contributed by atoms with E-state index in [1.807, 2.05) is 0 Å². The number of nitrogen functional groups attached to an aromatic ring is 1. The lowest BCUT2D eigenvalue weighted by Gasteiger charge is -2.08. The first-order chi connectivity index (χ1) is 7.63. The van der Waals surface area contributed by atoms with Crippen LogP contribution in [0.5, 0.6) is 11.5 Å². The molecule has 5 nitrogen and oxygen atoms in total. The van der Waals surface area contributed by atoms with Gasteiger partial charge in [-0.05, 0) is 12.1 Å². The van der Waals surface area contributed by atoms with E-state index in [1.165, 1.54) is 19.2 Å². The van der Waals surface area contributed by atoms with E-state index >= 15 is 0 Å². The second-order valence-corrected chi connectivity index (χ2v) is 3.09. The van der Waals surface area contributed by atoms with Gasteiger partial charge >= 0.3 is 0 Å². The Morgan fingerprint density at radius 1 is 1.50 bits per heavy atom. The van der Waals surface area contributed by atoms with Gasteiger partial charge in [0.2, 0.25) is 5.88 Å². The van der Waals surface area contributed by atoms with Gasteiger partial charge in [-0.1, -0.05) is 5.16 Å². The first kappa shape index (κ1) is 10.3. The lowest BCUT2D eigenvalue weighted by Crippen LogP contribution is -1.91. The molecule has 1 aromatic heterocycles. The Kier molecular flexibility index (Phi) is 2.40. The summed E-state index contributed by atoms with van der Waals surface area (Å²) in [6.45, 7) is 0. The number of aromatic hydroxyl groups is 1. The molecule has 2 aromatic rings. The molecule has 0 aliphatic heterocycles. The number of phenols is 1. The molecular formula is C10H9FN2O3. The van der Waals surface area contributed by atoms with Gasteiger partial charge in [-0.3, -0.25) is 0 Å². The molecule has 0 unspecified atom stereocenters. The van der Waals surface area contributed by atoms with Crippen molar-refractivity contribution < 1.29 is 18.8 Å². The fourth-order valence-corrected chi connectivity index (χ4v) is 1.37. The third-order valence-corrected chi connectivity index (χ3v) is 2.09. The molecule has 3 N–H and O–H groups in total. The maximum atomic E-state index is 13.1. The van der Waals surface area contributed by atoms with Gasteiger partial charge in [0.05, 0.1) is 7.11 Å². The summed E-state index contributed by atoms with van der Waals surface area (Å²) in [6, 6.07) is 3.98. The van der Waals surface area contributed by atoms with E-state index in [1.54, 1.807) is 0 Å². The predicted octanol–water partition coefficient (Wildman–Crippen LogP) is 1.78. The monoisotopic (exact) mass is 224 g/mol. The van der Waals surface area contributed by atoms with Crippen molar-refractivity contribution in [3.05, 3.63) is 24.0 Å². The SMILES string of the molecule is COc1c(-c2cc(N)on2)ccc(F)c1O. The Balaban J connectivity index is 2.61. The summed E-state index contributed by atoms with van der Waals surface area (Å²) in [7, 11) is 1.32. The third-order valence-electron chi connectivity index (χ3n) is 2.09. The minimum absolute atomic E-state index is 0.00620. The van der Waals surface area contributed by atoms with Gasteiger partial charge in [0.15, 0.2) is 17.3 Å². The minimum Gasteiger partial charge on any atom is -0.502 e. The van der Waals surface area contributed by atoms with Crippen molar-refractivity contribution in [1.82, 2.24) is 5.16 Å². The van der Waals surface area contributed by atoms with Crippen molar-refractivity contribution in [3.63, 3.8) is 0 Å². The highest BCUT2D eigenvalue weighted by molar-refractivity contribution is 5.72. The second kappa shape index (κ2) is 3.73. The van der Waals surface area contributed by atoms with Crippen LogP contribution >= 0.6 is 0 Å². The molecule has 1 aromatic carbocycles. The molecule has 0 aliphatic rings. The number of aromatic nitrogens is 1. The molecule has 84 valence electrons. The van der Waals surface area contributed by atoms with Crippen molar-refractivity contribution in [2.75, 3.05) is 12.8 Å². The summed E-state index contributed by atoms with van der Waals surface area (Å²) in [5.41, 5.74) is 6.14. The first-order valence-electron chi connectivity index (χ1n) is 4.41. The van der Waals surface area contributed by atoms with Crippen LogP contribution in [0.15, 0.2) is 22.7 Å². The minimum atomic E-state index is -0.767. The van der Waals surface area contributed by atoms with Crippen LogP contribution in [0.25, 0.3) is 11.3 Å². The number of phenolic OH excluding ortho intramolecular Hbond substituents is 1. The Hall–Kier alpha value is -2.24. The molecule has 0 radical (unpaired) electrons. The number of methoxy groups -OCH3 is 1. The number of hydrogen-bond acceptors (Lipinski definition) is 5. The summed E-state index contributed by atoms with van der Waals surface area (Å²) in [5.74, 6) is -1.21. The van der Waals surface area contributed by atoms with Crippen molar-refractivity contribution in [2.24, 2.45) is 0 Å². The maximum Gasteiger partial charge on any atom is 0.222 e. The van der Waals surface area contributed by atoms with Crippen LogP contribution < -0.4 is 10.5 Å². The number of rotatable bonds is 2. The van der Waals surface area contributed by atoms with Gasteiger partial charge in [-0.15, -0.1) is 0 Å². The van der Waals surface area contributed by atoms with E-state index in [0.717, 1.165) is 6.07 Å². The average molecular weight is 224 g/mol. The topological polar surface area (TPSA) is 81.5 Å². The molecule has 0 fully saturated rings. The molecule has 0 amide bonds. The first-order valence-corrected chi connectivity index (χ1v) is 4.41. The number of nitrogens with two attached hydrogens (primary N) is 1. The largest absolute Gasteiger partial charge is 0.502 e. The van der Waals surface area contributed by atoms with Crippen LogP contribution in [-0.4, -0.2) is 17.4 Å². The van der Waals surface area contributed by atoms with Crippen LogP contribution in [0.1, 0.15) is 0 Å². The third kappa shape index (κ3) is 1.54. The number of ether oxygens (including phenoxy) is 1. The molecule has 2 rings (SSSR count). The number of halogens is 1. The summed E-state index contributed by atoms with van der Waals surface area (Å²) < 4.78 is 22.7. The highest BCUT2D eigenvalue weighted by Crippen LogP contribution is 2.38. The Labute approximate surface area is 90.2 Å². The summed E-state index contributed by atoms with van der Waals surface area (Å²) in [6.07, 6.45) is 0. The number of hydrogen-bond donors (Lipinski definition) is 2. The van der Waals surface area contributed by atoms with E-state index in [4.69, 9.17) is 10.5 Å². The number of benzene rings is 1. The molecule has 0 bridgehead atoms. The normalized spacial score (nSPS) is 10.4. The summed E-state index contributed by atoms with van der Waals surface area (Å²) in [5, 5.41) is 13.1.